The third kappa shape index (κ3) is 1.80. The van der Waals surface area contributed by atoms with E-state index < -0.39 is 27.9 Å². The molecule has 0 radical (unpaired) electrons. The van der Waals surface area contributed by atoms with E-state index in [-0.39, 0.29) is 5.02 Å². The summed E-state index contributed by atoms with van der Waals surface area (Å²) in [5.41, 5.74) is 3.74. The maximum Gasteiger partial charge on any atom is 0.285 e. The van der Waals surface area contributed by atoms with Crippen LogP contribution in [0.4, 0.5) is 10.1 Å². The summed E-state index contributed by atoms with van der Waals surface area (Å²) in [5.74, 6) is -2.00. The Balaban J connectivity index is 3.46. The fourth-order valence-corrected chi connectivity index (χ4v) is 1.05. The quantitative estimate of drug-likeness (QED) is 0.603. The monoisotopic (exact) mass is 218 g/mol. The van der Waals surface area contributed by atoms with Gasteiger partial charge in [-0.2, -0.15) is 0 Å². The van der Waals surface area contributed by atoms with Crippen LogP contribution >= 0.6 is 11.6 Å². The van der Waals surface area contributed by atoms with E-state index in [1.165, 1.54) is 0 Å². The number of nitrogens with zero attached hydrogens (tertiary/aromatic N) is 1. The summed E-state index contributed by atoms with van der Waals surface area (Å²) in [6.45, 7) is 0. The van der Waals surface area contributed by atoms with Crippen LogP contribution in [0.2, 0.25) is 5.02 Å². The van der Waals surface area contributed by atoms with E-state index in [4.69, 9.17) is 17.3 Å². The number of hydrogen-bond donors (Lipinski definition) is 1. The molecule has 14 heavy (non-hydrogen) atoms. The van der Waals surface area contributed by atoms with E-state index >= 15 is 0 Å². The summed E-state index contributed by atoms with van der Waals surface area (Å²) in [6.07, 6.45) is 0. The van der Waals surface area contributed by atoms with Crippen molar-refractivity contribution in [3.8, 4) is 0 Å². The molecule has 0 fully saturated rings. The Hall–Kier alpha value is -1.69. The predicted octanol–water partition coefficient (Wildman–Crippen LogP) is 1.49. The first-order valence-electron chi connectivity index (χ1n) is 3.36. The molecule has 1 aromatic carbocycles. The van der Waals surface area contributed by atoms with E-state index in [9.17, 15) is 19.3 Å². The van der Waals surface area contributed by atoms with Gasteiger partial charge in [0.05, 0.1) is 16.0 Å². The summed E-state index contributed by atoms with van der Waals surface area (Å²) in [4.78, 5) is 20.2. The Labute approximate surface area is 82.4 Å². The van der Waals surface area contributed by atoms with Gasteiger partial charge in [-0.1, -0.05) is 11.6 Å². The highest BCUT2D eigenvalue weighted by Crippen LogP contribution is 2.25. The van der Waals surface area contributed by atoms with E-state index in [0.29, 0.717) is 6.07 Å². The molecule has 1 aromatic rings. The van der Waals surface area contributed by atoms with Crippen molar-refractivity contribution in [2.24, 2.45) is 5.73 Å². The second-order valence-corrected chi connectivity index (χ2v) is 2.81. The number of benzene rings is 1. The first-order chi connectivity index (χ1) is 6.43. The fraction of sp³-hybridized carbons (Fsp3) is 0. The topological polar surface area (TPSA) is 86.2 Å². The number of rotatable bonds is 2. The van der Waals surface area contributed by atoms with Crippen molar-refractivity contribution in [1.82, 2.24) is 0 Å². The first kappa shape index (κ1) is 10.4. The van der Waals surface area contributed by atoms with E-state index in [1.54, 1.807) is 0 Å². The van der Waals surface area contributed by atoms with Crippen molar-refractivity contribution < 1.29 is 14.1 Å². The van der Waals surface area contributed by atoms with Crippen LogP contribution in [-0.4, -0.2) is 10.8 Å². The average molecular weight is 219 g/mol. The fourth-order valence-electron chi connectivity index (χ4n) is 0.885. The number of primary amides is 1. The predicted molar refractivity (Wildman–Crippen MR) is 46.6 cm³/mol. The lowest BCUT2D eigenvalue weighted by atomic mass is 10.1. The maximum absolute atomic E-state index is 12.8. The molecule has 74 valence electrons. The van der Waals surface area contributed by atoms with Crippen LogP contribution in [0, 0.1) is 15.9 Å². The third-order valence-electron chi connectivity index (χ3n) is 1.50. The van der Waals surface area contributed by atoms with E-state index in [1.807, 2.05) is 0 Å². The minimum Gasteiger partial charge on any atom is -0.365 e. The van der Waals surface area contributed by atoms with Gasteiger partial charge in [0, 0.05) is 0 Å². The van der Waals surface area contributed by atoms with Crippen LogP contribution in [0.1, 0.15) is 10.4 Å². The molecule has 0 aliphatic carbocycles. The summed E-state index contributed by atoms with van der Waals surface area (Å²) >= 11 is 5.33. The second-order valence-electron chi connectivity index (χ2n) is 2.40. The van der Waals surface area contributed by atoms with Gasteiger partial charge >= 0.3 is 0 Å². The molecule has 1 amide bonds. The van der Waals surface area contributed by atoms with Crippen LogP contribution in [-0.2, 0) is 0 Å². The normalized spacial score (nSPS) is 9.86. The highest BCUT2D eigenvalue weighted by Gasteiger charge is 2.21. The lowest BCUT2D eigenvalue weighted by Gasteiger charge is -2.00. The molecule has 1 rings (SSSR count). The first-order valence-corrected chi connectivity index (χ1v) is 3.74. The maximum atomic E-state index is 12.8. The standard InChI is InChI=1S/C7H4ClFN2O3/c8-4-1-3(7(10)12)6(11(13)14)2-5(4)9/h1-2H,(H2,10,12). The Bertz CT molecular complexity index is 383. The van der Waals surface area contributed by atoms with Crippen molar-refractivity contribution in [3.63, 3.8) is 0 Å². The van der Waals surface area contributed by atoms with Gasteiger partial charge in [0.25, 0.3) is 11.6 Å². The zero-order chi connectivity index (χ0) is 10.9. The Kier molecular flexibility index (Phi) is 2.66. The zero-order valence-corrected chi connectivity index (χ0v) is 7.42. The SMILES string of the molecule is NC(=O)c1cc(Cl)c(F)cc1[N+](=O)[O-]. The summed E-state index contributed by atoms with van der Waals surface area (Å²) < 4.78 is 12.8. The molecule has 0 aliphatic heterocycles. The molecule has 0 bridgehead atoms. The molecule has 2 N–H and O–H groups in total. The van der Waals surface area contributed by atoms with Gasteiger partial charge in [-0.15, -0.1) is 0 Å². The van der Waals surface area contributed by atoms with Crippen LogP contribution < -0.4 is 5.73 Å². The van der Waals surface area contributed by atoms with Crippen molar-refractivity contribution >= 4 is 23.2 Å². The van der Waals surface area contributed by atoms with Crippen LogP contribution in [0.3, 0.4) is 0 Å². The molecule has 0 aliphatic rings. The highest BCUT2D eigenvalue weighted by atomic mass is 35.5. The molecule has 0 unspecified atom stereocenters. The average Bonchev–Trinajstić information content (AvgIpc) is 2.08. The van der Waals surface area contributed by atoms with Crippen molar-refractivity contribution in [1.29, 1.82) is 0 Å². The molecule has 5 nitrogen and oxygen atoms in total. The lowest BCUT2D eigenvalue weighted by Crippen LogP contribution is -2.13. The minimum absolute atomic E-state index is 0.385. The Morgan fingerprint density at radius 2 is 2.14 bits per heavy atom. The number of amides is 1. The number of hydrogen-bond acceptors (Lipinski definition) is 3. The molecule has 0 atom stereocenters. The molecule has 0 heterocycles. The molecule has 7 heteroatoms. The van der Waals surface area contributed by atoms with Gasteiger partial charge in [-0.05, 0) is 6.07 Å². The largest absolute Gasteiger partial charge is 0.365 e. The second kappa shape index (κ2) is 3.59. The van der Waals surface area contributed by atoms with Gasteiger partial charge in [-0.3, -0.25) is 14.9 Å². The van der Waals surface area contributed by atoms with Gasteiger partial charge < -0.3 is 5.73 Å². The van der Waals surface area contributed by atoms with Crippen LogP contribution in [0.5, 0.6) is 0 Å². The molecule has 0 aromatic heterocycles. The van der Waals surface area contributed by atoms with Crippen molar-refractivity contribution in [2.75, 3.05) is 0 Å². The Morgan fingerprint density at radius 3 is 2.57 bits per heavy atom. The van der Waals surface area contributed by atoms with Gasteiger partial charge in [-0.25, -0.2) is 4.39 Å². The van der Waals surface area contributed by atoms with Crippen molar-refractivity contribution in [3.05, 3.63) is 38.7 Å². The number of carbonyl (C=O) groups excluding carboxylic acids is 1. The number of nitro groups is 1. The van der Waals surface area contributed by atoms with Crippen molar-refractivity contribution in [2.45, 2.75) is 0 Å². The zero-order valence-electron chi connectivity index (χ0n) is 6.66. The molecule has 0 saturated carbocycles. The van der Waals surface area contributed by atoms with E-state index in [2.05, 4.69) is 0 Å². The minimum atomic E-state index is -1.03. The summed E-state index contributed by atoms with van der Waals surface area (Å²) in [5, 5.41) is 9.99. The third-order valence-corrected chi connectivity index (χ3v) is 1.79. The summed E-state index contributed by atoms with van der Waals surface area (Å²) in [6, 6.07) is 1.39. The smallest absolute Gasteiger partial charge is 0.285 e. The molecular weight excluding hydrogens is 215 g/mol. The summed E-state index contributed by atoms with van der Waals surface area (Å²) in [7, 11) is 0. The van der Waals surface area contributed by atoms with Gasteiger partial charge in [0.15, 0.2) is 0 Å². The number of nitro benzene ring substituents is 1. The molecule has 0 saturated heterocycles. The van der Waals surface area contributed by atoms with Gasteiger partial charge in [0.1, 0.15) is 11.4 Å². The van der Waals surface area contributed by atoms with E-state index in [0.717, 1.165) is 6.07 Å². The molecule has 0 spiro atoms. The number of nitrogens with two attached hydrogens (primary N) is 1. The number of halogens is 2. The lowest BCUT2D eigenvalue weighted by molar-refractivity contribution is -0.385. The molecular formula is C7H4ClFN2O3. The number of carbonyl (C=O) groups is 1. The highest BCUT2D eigenvalue weighted by molar-refractivity contribution is 6.31. The van der Waals surface area contributed by atoms with Crippen LogP contribution in [0.15, 0.2) is 12.1 Å². The Morgan fingerprint density at radius 1 is 1.57 bits per heavy atom. The van der Waals surface area contributed by atoms with Gasteiger partial charge in [0.2, 0.25) is 0 Å². The van der Waals surface area contributed by atoms with Crippen LogP contribution in [0.25, 0.3) is 0 Å².